The van der Waals surface area contributed by atoms with Crippen LogP contribution in [0.4, 0.5) is 0 Å². The normalized spacial score (nSPS) is 9.93. The molecule has 1 N–H and O–H groups in total. The van der Waals surface area contributed by atoms with Crippen molar-refractivity contribution < 1.29 is 5.11 Å². The van der Waals surface area contributed by atoms with Gasteiger partial charge in [-0.3, -0.25) is 4.98 Å². The van der Waals surface area contributed by atoms with Crippen LogP contribution in [0.2, 0.25) is 0 Å². The molecule has 0 amide bonds. The van der Waals surface area contributed by atoms with Gasteiger partial charge in [0, 0.05) is 23.9 Å². The summed E-state index contributed by atoms with van der Waals surface area (Å²) in [5, 5.41) is 11.2. The minimum Gasteiger partial charge on any atom is -0.396 e. The number of pyridine rings is 1. The van der Waals surface area contributed by atoms with E-state index in [4.69, 9.17) is 5.11 Å². The minimum atomic E-state index is 0. The summed E-state index contributed by atoms with van der Waals surface area (Å²) in [6.07, 6.45) is 3.45. The Morgan fingerprint density at radius 2 is 1.93 bits per heavy atom. The zero-order chi connectivity index (χ0) is 9.80. The van der Waals surface area contributed by atoms with E-state index in [1.54, 1.807) is 0 Å². The first-order chi connectivity index (χ1) is 6.92. The summed E-state index contributed by atoms with van der Waals surface area (Å²) in [7, 11) is 0. The molecule has 0 saturated heterocycles. The Bertz CT molecular complexity index is 425. The zero-order valence-electron chi connectivity index (χ0n) is 8.39. The van der Waals surface area contributed by atoms with Crippen LogP contribution in [0.25, 0.3) is 10.8 Å². The SMILES string of the molecule is Br.OCCCc1nccc2ccccc12. The Kier molecular flexibility index (Phi) is 4.72. The summed E-state index contributed by atoms with van der Waals surface area (Å²) < 4.78 is 0. The maximum absolute atomic E-state index is 8.77. The van der Waals surface area contributed by atoms with Gasteiger partial charge < -0.3 is 5.11 Å². The molecule has 0 aliphatic carbocycles. The molecule has 0 saturated carbocycles. The van der Waals surface area contributed by atoms with Crippen LogP contribution in [0.1, 0.15) is 12.1 Å². The highest BCUT2D eigenvalue weighted by atomic mass is 79.9. The lowest BCUT2D eigenvalue weighted by Crippen LogP contribution is -1.93. The highest BCUT2D eigenvalue weighted by Gasteiger charge is 2.00. The second-order valence-corrected chi connectivity index (χ2v) is 3.31. The molecular formula is C12H14BrNO. The van der Waals surface area contributed by atoms with Gasteiger partial charge in [-0.25, -0.2) is 0 Å². The molecule has 80 valence electrons. The average Bonchev–Trinajstić information content (AvgIpc) is 2.26. The third-order valence-corrected chi connectivity index (χ3v) is 2.33. The third-order valence-electron chi connectivity index (χ3n) is 2.33. The predicted molar refractivity (Wildman–Crippen MR) is 67.5 cm³/mol. The molecule has 0 spiro atoms. The van der Waals surface area contributed by atoms with E-state index in [-0.39, 0.29) is 23.6 Å². The second kappa shape index (κ2) is 5.83. The number of aryl methyl sites for hydroxylation is 1. The fraction of sp³-hybridized carbons (Fsp3) is 0.250. The number of fused-ring (bicyclic) bond motifs is 1. The van der Waals surface area contributed by atoms with Crippen molar-refractivity contribution in [2.24, 2.45) is 0 Å². The molecule has 0 radical (unpaired) electrons. The summed E-state index contributed by atoms with van der Waals surface area (Å²) in [4.78, 5) is 4.33. The van der Waals surface area contributed by atoms with Crippen LogP contribution >= 0.6 is 17.0 Å². The summed E-state index contributed by atoms with van der Waals surface area (Å²) in [6.45, 7) is 0.227. The quantitative estimate of drug-likeness (QED) is 0.928. The molecule has 1 aromatic heterocycles. The first kappa shape index (κ1) is 12.1. The molecule has 2 nitrogen and oxygen atoms in total. The van der Waals surface area contributed by atoms with E-state index in [2.05, 4.69) is 17.1 Å². The lowest BCUT2D eigenvalue weighted by molar-refractivity contribution is 0.288. The van der Waals surface area contributed by atoms with Crippen molar-refractivity contribution in [3.05, 3.63) is 42.2 Å². The fourth-order valence-corrected chi connectivity index (χ4v) is 1.63. The van der Waals surface area contributed by atoms with Crippen molar-refractivity contribution >= 4 is 27.8 Å². The lowest BCUT2D eigenvalue weighted by Gasteiger charge is -2.03. The number of aliphatic hydroxyl groups excluding tert-OH is 1. The summed E-state index contributed by atoms with van der Waals surface area (Å²) in [6, 6.07) is 10.2. The Morgan fingerprint density at radius 1 is 1.13 bits per heavy atom. The van der Waals surface area contributed by atoms with Gasteiger partial charge in [0.15, 0.2) is 0 Å². The summed E-state index contributed by atoms with van der Waals surface area (Å²) in [5.41, 5.74) is 1.08. The molecule has 1 heterocycles. The maximum Gasteiger partial charge on any atom is 0.0482 e. The summed E-state index contributed by atoms with van der Waals surface area (Å²) >= 11 is 0. The van der Waals surface area contributed by atoms with Crippen LogP contribution in [0, 0.1) is 0 Å². The van der Waals surface area contributed by atoms with Crippen LogP contribution in [0.15, 0.2) is 36.5 Å². The number of benzene rings is 1. The van der Waals surface area contributed by atoms with Gasteiger partial charge in [-0.2, -0.15) is 0 Å². The highest BCUT2D eigenvalue weighted by molar-refractivity contribution is 8.93. The number of rotatable bonds is 3. The highest BCUT2D eigenvalue weighted by Crippen LogP contribution is 2.17. The standard InChI is InChI=1S/C12H13NO.BrH/c14-9-3-6-12-11-5-2-1-4-10(11)7-8-13-12;/h1-2,4-5,7-8,14H,3,6,9H2;1H. The molecule has 0 aliphatic heterocycles. The average molecular weight is 268 g/mol. The van der Waals surface area contributed by atoms with E-state index in [1.165, 1.54) is 10.8 Å². The van der Waals surface area contributed by atoms with E-state index >= 15 is 0 Å². The van der Waals surface area contributed by atoms with E-state index < -0.39 is 0 Å². The van der Waals surface area contributed by atoms with Gasteiger partial charge in [-0.05, 0) is 24.3 Å². The third kappa shape index (κ3) is 2.76. The van der Waals surface area contributed by atoms with Crippen LogP contribution in [0.3, 0.4) is 0 Å². The van der Waals surface area contributed by atoms with Crippen LogP contribution in [-0.2, 0) is 6.42 Å². The zero-order valence-corrected chi connectivity index (χ0v) is 10.1. The van der Waals surface area contributed by atoms with E-state index in [9.17, 15) is 0 Å². The first-order valence-corrected chi connectivity index (χ1v) is 4.85. The van der Waals surface area contributed by atoms with Gasteiger partial charge in [-0.1, -0.05) is 24.3 Å². The fourth-order valence-electron chi connectivity index (χ4n) is 1.63. The Hall–Kier alpha value is -0.930. The number of aromatic nitrogens is 1. The monoisotopic (exact) mass is 267 g/mol. The van der Waals surface area contributed by atoms with E-state index in [1.807, 2.05) is 24.4 Å². The second-order valence-electron chi connectivity index (χ2n) is 3.31. The number of nitrogens with zero attached hydrogens (tertiary/aromatic N) is 1. The van der Waals surface area contributed by atoms with Gasteiger partial charge >= 0.3 is 0 Å². The van der Waals surface area contributed by atoms with Crippen LogP contribution in [0.5, 0.6) is 0 Å². The van der Waals surface area contributed by atoms with Crippen LogP contribution < -0.4 is 0 Å². The van der Waals surface area contributed by atoms with Gasteiger partial charge in [0.2, 0.25) is 0 Å². The van der Waals surface area contributed by atoms with Crippen LogP contribution in [-0.4, -0.2) is 16.7 Å². The topological polar surface area (TPSA) is 33.1 Å². The number of aliphatic hydroxyl groups is 1. The molecule has 3 heteroatoms. The van der Waals surface area contributed by atoms with Gasteiger partial charge in [0.1, 0.15) is 0 Å². The summed E-state index contributed by atoms with van der Waals surface area (Å²) in [5.74, 6) is 0. The minimum absolute atomic E-state index is 0. The Balaban J connectivity index is 0.00000112. The van der Waals surface area contributed by atoms with Gasteiger partial charge in [-0.15, -0.1) is 17.0 Å². The molecule has 1 aromatic carbocycles. The molecular weight excluding hydrogens is 254 g/mol. The molecule has 15 heavy (non-hydrogen) atoms. The molecule has 0 unspecified atom stereocenters. The molecule has 0 aliphatic rings. The predicted octanol–water partition coefficient (Wildman–Crippen LogP) is 2.74. The molecule has 0 bridgehead atoms. The van der Waals surface area contributed by atoms with E-state index in [0.717, 1.165) is 18.5 Å². The molecule has 0 atom stereocenters. The first-order valence-electron chi connectivity index (χ1n) is 4.85. The Labute approximate surface area is 99.7 Å². The van der Waals surface area contributed by atoms with Crippen molar-refractivity contribution in [2.75, 3.05) is 6.61 Å². The Morgan fingerprint density at radius 3 is 2.73 bits per heavy atom. The number of hydrogen-bond acceptors (Lipinski definition) is 2. The van der Waals surface area contributed by atoms with Gasteiger partial charge in [0.25, 0.3) is 0 Å². The van der Waals surface area contributed by atoms with Crippen molar-refractivity contribution in [1.82, 2.24) is 4.98 Å². The molecule has 2 rings (SSSR count). The van der Waals surface area contributed by atoms with Crippen molar-refractivity contribution in [2.45, 2.75) is 12.8 Å². The van der Waals surface area contributed by atoms with Crippen molar-refractivity contribution in [1.29, 1.82) is 0 Å². The number of halogens is 1. The molecule has 0 fully saturated rings. The maximum atomic E-state index is 8.77. The van der Waals surface area contributed by atoms with Crippen molar-refractivity contribution in [3.63, 3.8) is 0 Å². The van der Waals surface area contributed by atoms with Gasteiger partial charge in [0.05, 0.1) is 0 Å². The largest absolute Gasteiger partial charge is 0.396 e. The smallest absolute Gasteiger partial charge is 0.0482 e. The van der Waals surface area contributed by atoms with E-state index in [0.29, 0.717) is 0 Å². The van der Waals surface area contributed by atoms with Crippen molar-refractivity contribution in [3.8, 4) is 0 Å². The molecule has 2 aromatic rings. The number of hydrogen-bond donors (Lipinski definition) is 1. The lowest BCUT2D eigenvalue weighted by atomic mass is 10.1.